The van der Waals surface area contributed by atoms with Crippen LogP contribution in [0.15, 0.2) is 23.1 Å². The van der Waals surface area contributed by atoms with E-state index in [1.165, 1.54) is 23.5 Å². The number of nitro groups is 1. The predicted octanol–water partition coefficient (Wildman–Crippen LogP) is 0.961. The van der Waals surface area contributed by atoms with Crippen molar-refractivity contribution in [2.45, 2.75) is 24.3 Å². The lowest BCUT2D eigenvalue weighted by Gasteiger charge is -2.34. The Bertz CT molecular complexity index is 676. The number of nitro benzene ring substituents is 1. The maximum Gasteiger partial charge on any atom is 0.312 e. The lowest BCUT2D eigenvalue weighted by Crippen LogP contribution is -2.48. The van der Waals surface area contributed by atoms with Crippen LogP contribution in [0.2, 0.25) is 0 Å². The molecule has 22 heavy (non-hydrogen) atoms. The van der Waals surface area contributed by atoms with Crippen LogP contribution in [0.4, 0.5) is 5.69 Å². The van der Waals surface area contributed by atoms with Gasteiger partial charge in [-0.25, -0.2) is 8.42 Å². The molecule has 2 N–H and O–H groups in total. The molecule has 0 saturated carbocycles. The van der Waals surface area contributed by atoms with E-state index in [1.807, 2.05) is 6.92 Å². The molecule has 0 radical (unpaired) electrons. The summed E-state index contributed by atoms with van der Waals surface area (Å²) in [6.07, 6.45) is 0.568. The minimum absolute atomic E-state index is 0.0259. The number of hydrogen-bond acceptors (Lipinski definition) is 6. The molecule has 0 bridgehead atoms. The summed E-state index contributed by atoms with van der Waals surface area (Å²) in [4.78, 5) is 10.3. The molecule has 1 saturated heterocycles. The van der Waals surface area contributed by atoms with E-state index in [2.05, 4.69) is 0 Å². The summed E-state index contributed by atoms with van der Waals surface area (Å²) in [5, 5.41) is 11.0. The van der Waals surface area contributed by atoms with E-state index < -0.39 is 14.9 Å². The molecule has 1 aliphatic rings. The van der Waals surface area contributed by atoms with Crippen LogP contribution in [0, 0.1) is 16.0 Å². The fraction of sp³-hybridized carbons (Fsp3) is 0.538. The van der Waals surface area contributed by atoms with E-state index in [1.54, 1.807) is 0 Å². The van der Waals surface area contributed by atoms with Crippen molar-refractivity contribution >= 4 is 15.7 Å². The van der Waals surface area contributed by atoms with Crippen molar-refractivity contribution in [1.29, 1.82) is 0 Å². The second-order valence-corrected chi connectivity index (χ2v) is 7.32. The molecule has 1 aliphatic heterocycles. The van der Waals surface area contributed by atoms with Gasteiger partial charge in [-0.3, -0.25) is 10.1 Å². The SMILES string of the molecule is COc1ccc(S(=O)(=O)N2CCC(N)C(C)C2)cc1[N+](=O)[O-]. The van der Waals surface area contributed by atoms with Crippen molar-refractivity contribution in [3.05, 3.63) is 28.3 Å². The molecule has 1 aromatic rings. The highest BCUT2D eigenvalue weighted by Gasteiger charge is 2.33. The summed E-state index contributed by atoms with van der Waals surface area (Å²) in [5.74, 6) is 0.0646. The molecule has 1 heterocycles. The third-order valence-corrected chi connectivity index (χ3v) is 5.78. The van der Waals surface area contributed by atoms with Crippen molar-refractivity contribution in [1.82, 2.24) is 4.31 Å². The molecule has 0 aromatic heterocycles. The number of ether oxygens (including phenoxy) is 1. The van der Waals surface area contributed by atoms with Gasteiger partial charge < -0.3 is 10.5 Å². The third-order valence-electron chi connectivity index (χ3n) is 3.92. The Morgan fingerprint density at radius 2 is 2.14 bits per heavy atom. The van der Waals surface area contributed by atoms with Gasteiger partial charge in [0.1, 0.15) is 0 Å². The number of sulfonamides is 1. The Labute approximate surface area is 129 Å². The zero-order valence-electron chi connectivity index (χ0n) is 12.4. The third kappa shape index (κ3) is 3.06. The summed E-state index contributed by atoms with van der Waals surface area (Å²) in [6, 6.07) is 3.62. The smallest absolute Gasteiger partial charge is 0.312 e. The van der Waals surface area contributed by atoms with Gasteiger partial charge in [0.25, 0.3) is 0 Å². The van der Waals surface area contributed by atoms with Crippen LogP contribution >= 0.6 is 0 Å². The summed E-state index contributed by atoms with van der Waals surface area (Å²) in [5.41, 5.74) is 5.53. The van der Waals surface area contributed by atoms with Crippen LogP contribution in [-0.2, 0) is 10.0 Å². The van der Waals surface area contributed by atoms with E-state index in [4.69, 9.17) is 10.5 Å². The highest BCUT2D eigenvalue weighted by atomic mass is 32.2. The van der Waals surface area contributed by atoms with Crippen molar-refractivity contribution in [3.63, 3.8) is 0 Å². The van der Waals surface area contributed by atoms with E-state index in [9.17, 15) is 18.5 Å². The molecule has 0 spiro atoms. The molecule has 1 fully saturated rings. The highest BCUT2D eigenvalue weighted by molar-refractivity contribution is 7.89. The Morgan fingerprint density at radius 3 is 2.68 bits per heavy atom. The number of hydrogen-bond donors (Lipinski definition) is 1. The quantitative estimate of drug-likeness (QED) is 0.650. The number of methoxy groups -OCH3 is 1. The van der Waals surface area contributed by atoms with Gasteiger partial charge in [0, 0.05) is 25.2 Å². The first-order chi connectivity index (χ1) is 10.3. The van der Waals surface area contributed by atoms with Crippen LogP contribution in [-0.4, -0.2) is 43.9 Å². The molecule has 2 rings (SSSR count). The zero-order chi connectivity index (χ0) is 16.5. The van der Waals surface area contributed by atoms with Gasteiger partial charge in [-0.2, -0.15) is 4.31 Å². The van der Waals surface area contributed by atoms with E-state index in [-0.39, 0.29) is 28.3 Å². The fourth-order valence-corrected chi connectivity index (χ4v) is 4.04. The molecule has 122 valence electrons. The van der Waals surface area contributed by atoms with Crippen LogP contribution in [0.1, 0.15) is 13.3 Å². The lowest BCUT2D eigenvalue weighted by molar-refractivity contribution is -0.386. The minimum Gasteiger partial charge on any atom is -0.490 e. The highest BCUT2D eigenvalue weighted by Crippen LogP contribution is 2.31. The number of rotatable bonds is 4. The van der Waals surface area contributed by atoms with Gasteiger partial charge >= 0.3 is 5.69 Å². The molecule has 0 aliphatic carbocycles. The first-order valence-corrected chi connectivity index (χ1v) is 8.29. The summed E-state index contributed by atoms with van der Waals surface area (Å²) < 4.78 is 31.5. The van der Waals surface area contributed by atoms with Crippen molar-refractivity contribution in [3.8, 4) is 5.75 Å². The van der Waals surface area contributed by atoms with Gasteiger partial charge in [-0.1, -0.05) is 6.92 Å². The topological polar surface area (TPSA) is 116 Å². The van der Waals surface area contributed by atoms with Crippen LogP contribution < -0.4 is 10.5 Å². The van der Waals surface area contributed by atoms with Gasteiger partial charge in [-0.15, -0.1) is 0 Å². The Balaban J connectivity index is 2.38. The predicted molar refractivity (Wildman–Crippen MR) is 80.2 cm³/mol. The zero-order valence-corrected chi connectivity index (χ0v) is 13.2. The Hall–Kier alpha value is -1.71. The number of nitrogens with zero attached hydrogens (tertiary/aromatic N) is 2. The largest absolute Gasteiger partial charge is 0.490 e. The average molecular weight is 329 g/mol. The lowest BCUT2D eigenvalue weighted by atomic mass is 9.96. The summed E-state index contributed by atoms with van der Waals surface area (Å²) in [7, 11) is -2.49. The molecule has 2 atom stereocenters. The van der Waals surface area contributed by atoms with Crippen LogP contribution in [0.25, 0.3) is 0 Å². The molecule has 2 unspecified atom stereocenters. The Morgan fingerprint density at radius 1 is 1.45 bits per heavy atom. The maximum absolute atomic E-state index is 12.6. The Kier molecular flexibility index (Phi) is 4.69. The summed E-state index contributed by atoms with van der Waals surface area (Å²) in [6.45, 7) is 2.51. The van der Waals surface area contributed by atoms with Crippen molar-refractivity contribution < 1.29 is 18.1 Å². The second-order valence-electron chi connectivity index (χ2n) is 5.38. The molecular weight excluding hydrogens is 310 g/mol. The number of benzene rings is 1. The van der Waals surface area contributed by atoms with Crippen molar-refractivity contribution in [2.75, 3.05) is 20.2 Å². The first-order valence-electron chi connectivity index (χ1n) is 6.85. The van der Waals surface area contributed by atoms with Crippen LogP contribution in [0.3, 0.4) is 0 Å². The maximum atomic E-state index is 12.6. The summed E-state index contributed by atoms with van der Waals surface area (Å²) >= 11 is 0. The number of piperidine rings is 1. The normalized spacial score (nSPS) is 23.2. The minimum atomic E-state index is -3.78. The standard InChI is InChI=1S/C13H19N3O5S/c1-9-8-15(6-5-11(9)14)22(19,20)10-3-4-13(21-2)12(7-10)16(17)18/h3-4,7,9,11H,5-6,8,14H2,1-2H3. The second kappa shape index (κ2) is 6.19. The molecule has 8 nitrogen and oxygen atoms in total. The number of nitrogens with two attached hydrogens (primary N) is 1. The molecule has 0 amide bonds. The van der Waals surface area contributed by atoms with E-state index in [0.717, 1.165) is 6.07 Å². The molecule has 9 heteroatoms. The van der Waals surface area contributed by atoms with Crippen molar-refractivity contribution in [2.24, 2.45) is 11.7 Å². The molecular formula is C13H19N3O5S. The first kappa shape index (κ1) is 16.7. The van der Waals surface area contributed by atoms with E-state index in [0.29, 0.717) is 19.5 Å². The van der Waals surface area contributed by atoms with Gasteiger partial charge in [-0.05, 0) is 24.5 Å². The average Bonchev–Trinajstić information content (AvgIpc) is 2.49. The molecule has 1 aromatic carbocycles. The van der Waals surface area contributed by atoms with Gasteiger partial charge in [0.05, 0.1) is 16.9 Å². The van der Waals surface area contributed by atoms with E-state index >= 15 is 0 Å². The van der Waals surface area contributed by atoms with Crippen LogP contribution in [0.5, 0.6) is 5.75 Å². The van der Waals surface area contributed by atoms with Gasteiger partial charge in [0.15, 0.2) is 5.75 Å². The monoisotopic (exact) mass is 329 g/mol. The van der Waals surface area contributed by atoms with Gasteiger partial charge in [0.2, 0.25) is 10.0 Å². The fourth-order valence-electron chi connectivity index (χ4n) is 2.47.